The van der Waals surface area contributed by atoms with Crippen molar-refractivity contribution in [2.24, 2.45) is 4.99 Å². The molecule has 8 nitrogen and oxygen atoms in total. The molecule has 2 N–H and O–H groups in total. The normalized spacial score (nSPS) is 16.4. The van der Waals surface area contributed by atoms with Crippen molar-refractivity contribution in [2.45, 2.75) is 39.2 Å². The maximum Gasteiger partial charge on any atom is 0.211 e. The number of piperidine rings is 1. The number of methoxy groups -OCH3 is 1. The zero-order valence-corrected chi connectivity index (χ0v) is 19.3. The lowest BCUT2D eigenvalue weighted by Crippen LogP contribution is -2.47. The fourth-order valence-electron chi connectivity index (χ4n) is 2.58. The molecule has 1 fully saturated rings. The van der Waals surface area contributed by atoms with Crippen LogP contribution in [0.1, 0.15) is 33.1 Å². The van der Waals surface area contributed by atoms with Gasteiger partial charge in [-0.3, -0.25) is 4.99 Å². The number of hydrogen-bond donors (Lipinski definition) is 2. The van der Waals surface area contributed by atoms with Crippen LogP contribution in [0.15, 0.2) is 4.99 Å². The summed E-state index contributed by atoms with van der Waals surface area (Å²) in [5.74, 6) is 0.935. The van der Waals surface area contributed by atoms with Crippen LogP contribution in [-0.4, -0.2) is 84.2 Å². The summed E-state index contributed by atoms with van der Waals surface area (Å²) in [4.78, 5) is 6.75. The molecular weight excluding hydrogens is 471 g/mol. The van der Waals surface area contributed by atoms with Crippen LogP contribution in [0.2, 0.25) is 0 Å². The average Bonchev–Trinajstić information content (AvgIpc) is 2.62. The molecule has 156 valence electrons. The molecule has 1 aliphatic rings. The Hall–Kier alpha value is -0.170. The minimum Gasteiger partial charge on any atom is -0.385 e. The van der Waals surface area contributed by atoms with Crippen molar-refractivity contribution in [2.75, 3.05) is 58.8 Å². The third kappa shape index (κ3) is 10.9. The van der Waals surface area contributed by atoms with Gasteiger partial charge in [0.1, 0.15) is 0 Å². The molecule has 0 spiro atoms. The molecule has 26 heavy (non-hydrogen) atoms. The van der Waals surface area contributed by atoms with E-state index in [0.29, 0.717) is 19.2 Å². The quantitative estimate of drug-likeness (QED) is 0.188. The summed E-state index contributed by atoms with van der Waals surface area (Å²) in [6.07, 6.45) is 3.17. The molecule has 1 heterocycles. The molecule has 10 heteroatoms. The summed E-state index contributed by atoms with van der Waals surface area (Å²) in [5, 5.41) is 3.28. The van der Waals surface area contributed by atoms with Crippen LogP contribution in [0.5, 0.6) is 0 Å². The highest BCUT2D eigenvalue weighted by Crippen LogP contribution is 2.14. The number of nitrogens with zero attached hydrogens (tertiary/aromatic N) is 2. The number of hydrogen-bond acceptors (Lipinski definition) is 5. The van der Waals surface area contributed by atoms with Crippen molar-refractivity contribution >= 4 is 40.0 Å². The standard InChI is InChI=1S/C16H34N4O4S.HI/c1-4-17-16(18-9-10-19-25(21,22)5-2)20-11-7-15(8-12-20)24-14-6-13-23-3;/h15,19H,4-14H2,1-3H3,(H,17,18);1H. The monoisotopic (exact) mass is 506 g/mol. The van der Waals surface area contributed by atoms with E-state index < -0.39 is 10.0 Å². The van der Waals surface area contributed by atoms with E-state index >= 15 is 0 Å². The highest BCUT2D eigenvalue weighted by molar-refractivity contribution is 14.0. The van der Waals surface area contributed by atoms with E-state index in [1.807, 2.05) is 6.92 Å². The number of aliphatic imine (C=N–C) groups is 1. The van der Waals surface area contributed by atoms with Gasteiger partial charge in [0, 0.05) is 46.5 Å². The van der Waals surface area contributed by atoms with Crippen molar-refractivity contribution in [1.29, 1.82) is 0 Å². The van der Waals surface area contributed by atoms with E-state index in [0.717, 1.165) is 58.1 Å². The Morgan fingerprint density at radius 1 is 1.23 bits per heavy atom. The van der Waals surface area contributed by atoms with Crippen molar-refractivity contribution in [3.63, 3.8) is 0 Å². The molecule has 0 bridgehead atoms. The lowest BCUT2D eigenvalue weighted by Gasteiger charge is -2.34. The van der Waals surface area contributed by atoms with Crippen LogP contribution in [-0.2, 0) is 19.5 Å². The maximum atomic E-state index is 11.4. The number of nitrogens with one attached hydrogen (secondary N) is 2. The average molecular weight is 506 g/mol. The number of likely N-dealkylation sites (tertiary alicyclic amines) is 1. The molecule has 0 amide bonds. The first kappa shape index (κ1) is 25.8. The Labute approximate surface area is 175 Å². The lowest BCUT2D eigenvalue weighted by atomic mass is 10.1. The second-order valence-electron chi connectivity index (χ2n) is 5.94. The van der Waals surface area contributed by atoms with Gasteiger partial charge in [0.15, 0.2) is 5.96 Å². The zero-order chi connectivity index (χ0) is 18.5. The lowest BCUT2D eigenvalue weighted by molar-refractivity contribution is 0.00991. The Balaban J connectivity index is 0.00000625. The zero-order valence-electron chi connectivity index (χ0n) is 16.2. The Kier molecular flexibility index (Phi) is 14.7. The predicted octanol–water partition coefficient (Wildman–Crippen LogP) is 1.03. The third-order valence-electron chi connectivity index (χ3n) is 4.00. The van der Waals surface area contributed by atoms with Crippen molar-refractivity contribution in [3.05, 3.63) is 0 Å². The van der Waals surface area contributed by atoms with Gasteiger partial charge in [0.05, 0.1) is 18.4 Å². The molecule has 0 aromatic rings. The van der Waals surface area contributed by atoms with E-state index in [1.54, 1.807) is 14.0 Å². The fourth-order valence-corrected chi connectivity index (χ4v) is 3.18. The van der Waals surface area contributed by atoms with Crippen LogP contribution in [0.3, 0.4) is 0 Å². The summed E-state index contributed by atoms with van der Waals surface area (Å²) < 4.78 is 36.3. The largest absolute Gasteiger partial charge is 0.385 e. The molecule has 0 atom stereocenters. The number of ether oxygens (including phenoxy) is 2. The third-order valence-corrected chi connectivity index (χ3v) is 5.40. The van der Waals surface area contributed by atoms with Gasteiger partial charge < -0.3 is 19.7 Å². The van der Waals surface area contributed by atoms with Crippen molar-refractivity contribution < 1.29 is 17.9 Å². The van der Waals surface area contributed by atoms with Gasteiger partial charge in [-0.15, -0.1) is 24.0 Å². The molecule has 0 aromatic heterocycles. The molecular formula is C16H35IN4O4S. The van der Waals surface area contributed by atoms with Crippen molar-refractivity contribution in [3.8, 4) is 0 Å². The van der Waals surface area contributed by atoms with Crippen LogP contribution in [0.25, 0.3) is 0 Å². The summed E-state index contributed by atoms with van der Waals surface area (Å²) in [6.45, 7) is 8.44. The van der Waals surface area contributed by atoms with Gasteiger partial charge >= 0.3 is 0 Å². The predicted molar refractivity (Wildman–Crippen MR) is 116 cm³/mol. The van der Waals surface area contributed by atoms with E-state index in [-0.39, 0.29) is 29.7 Å². The maximum absolute atomic E-state index is 11.4. The molecule has 1 rings (SSSR count). The fraction of sp³-hybridized carbons (Fsp3) is 0.938. The van der Waals surface area contributed by atoms with E-state index in [1.165, 1.54) is 0 Å². The van der Waals surface area contributed by atoms with E-state index in [4.69, 9.17) is 9.47 Å². The molecule has 0 unspecified atom stereocenters. The smallest absolute Gasteiger partial charge is 0.211 e. The molecule has 0 aromatic carbocycles. The highest BCUT2D eigenvalue weighted by Gasteiger charge is 2.21. The first-order chi connectivity index (χ1) is 12.0. The van der Waals surface area contributed by atoms with Gasteiger partial charge in [-0.2, -0.15) is 0 Å². The SMILES string of the molecule is CCNC(=NCCNS(=O)(=O)CC)N1CCC(OCCCOC)CC1.I. The minimum absolute atomic E-state index is 0. The van der Waals surface area contributed by atoms with Crippen LogP contribution < -0.4 is 10.0 Å². The van der Waals surface area contributed by atoms with Gasteiger partial charge in [0.25, 0.3) is 0 Å². The number of halogens is 1. The Bertz CT molecular complexity index is 483. The molecule has 1 saturated heterocycles. The van der Waals surface area contributed by atoms with Gasteiger partial charge in [-0.05, 0) is 33.1 Å². The van der Waals surface area contributed by atoms with Gasteiger partial charge in [-0.25, -0.2) is 13.1 Å². The number of guanidine groups is 1. The van der Waals surface area contributed by atoms with Gasteiger partial charge in [-0.1, -0.05) is 0 Å². The molecule has 0 saturated carbocycles. The van der Waals surface area contributed by atoms with Crippen LogP contribution in [0.4, 0.5) is 0 Å². The molecule has 0 radical (unpaired) electrons. The number of sulfonamides is 1. The Morgan fingerprint density at radius 2 is 1.92 bits per heavy atom. The first-order valence-corrected chi connectivity index (χ1v) is 10.8. The molecule has 1 aliphatic heterocycles. The van der Waals surface area contributed by atoms with E-state index in [9.17, 15) is 8.42 Å². The summed E-state index contributed by atoms with van der Waals surface area (Å²) in [5.41, 5.74) is 0. The first-order valence-electron chi connectivity index (χ1n) is 9.13. The second-order valence-corrected chi connectivity index (χ2v) is 8.03. The molecule has 0 aliphatic carbocycles. The minimum atomic E-state index is -3.15. The summed E-state index contributed by atoms with van der Waals surface area (Å²) in [7, 11) is -1.45. The van der Waals surface area contributed by atoms with Crippen LogP contribution >= 0.6 is 24.0 Å². The van der Waals surface area contributed by atoms with Crippen LogP contribution in [0, 0.1) is 0 Å². The van der Waals surface area contributed by atoms with Crippen molar-refractivity contribution in [1.82, 2.24) is 14.9 Å². The number of rotatable bonds is 11. The Morgan fingerprint density at radius 3 is 2.50 bits per heavy atom. The highest BCUT2D eigenvalue weighted by atomic mass is 127. The topological polar surface area (TPSA) is 92.3 Å². The summed E-state index contributed by atoms with van der Waals surface area (Å²) in [6, 6.07) is 0. The van der Waals surface area contributed by atoms with E-state index in [2.05, 4.69) is 19.9 Å². The second kappa shape index (κ2) is 14.8. The van der Waals surface area contributed by atoms with Gasteiger partial charge in [0.2, 0.25) is 10.0 Å². The summed E-state index contributed by atoms with van der Waals surface area (Å²) >= 11 is 0.